The van der Waals surface area contributed by atoms with Crippen LogP contribution in [0.4, 0.5) is 13.6 Å². The number of amides is 8. The van der Waals surface area contributed by atoms with E-state index in [2.05, 4.69) is 36.2 Å². The van der Waals surface area contributed by atoms with Crippen molar-refractivity contribution in [3.8, 4) is 0 Å². The molecule has 0 radical (unpaired) electrons. The molecule has 6 fully saturated rings. The van der Waals surface area contributed by atoms with Gasteiger partial charge in [-0.25, -0.2) is 13.6 Å². The van der Waals surface area contributed by atoms with Gasteiger partial charge >= 0.3 is 6.09 Å². The molecule has 127 heavy (non-hydrogen) atoms. The molecule has 18 rings (SSSR count). The first-order valence-electron chi connectivity index (χ1n) is 41.3. The Balaban J connectivity index is 0.000000140. The lowest BCUT2D eigenvalue weighted by Gasteiger charge is -2.42. The third-order valence-electron chi connectivity index (χ3n) is 24.2. The molecule has 656 valence electrons. The second kappa shape index (κ2) is 38.3. The van der Waals surface area contributed by atoms with Crippen LogP contribution in [0, 0.1) is 18.6 Å². The maximum atomic E-state index is 15.0. The highest BCUT2D eigenvalue weighted by atomic mass is 79.9. The number of likely N-dealkylation sites (tertiary alicyclic amines) is 5. The fourth-order valence-corrected chi connectivity index (χ4v) is 23.6. The minimum Gasteiger partial charge on any atom is -0.444 e. The number of β-amino-alcohol motifs (C(OH)–C–C–N with tert-alkyl or cyclic N) is 1. The van der Waals surface area contributed by atoms with E-state index in [0.717, 1.165) is 79.7 Å². The number of thioether (sulfide) groups is 3. The number of hydrogen-bond acceptors (Lipinski definition) is 13. The molecule has 8 atom stereocenters. The molecule has 6 aliphatic heterocycles. The van der Waals surface area contributed by atoms with Gasteiger partial charge in [-0.1, -0.05) is 170 Å². The lowest BCUT2D eigenvalue weighted by atomic mass is 9.90. The zero-order valence-electron chi connectivity index (χ0n) is 69.0. The standard InChI is InChI=1S/C33H32BrClN4O4S.C32H29Cl2FN4O3S.C30H26Cl2FN3O3S/c1-20-3-10-25(11-4-20)44-33(31(41)38-14-13-24(19-38)43-32(42)36-2)16-29(40)39(18-21-5-7-22(34)8-6-21)30(33)27-17-37-28-15-23(35)9-12-26(27)28;1-20(40)37-11-13-38(14-12-37)31(42)32(43-23-5-3-2-4-6-23)17-29(41)39(19-21-7-10-26(34)27(35)15-21)30(32)25-18-36-28-16-22(33)8-9-24(25)28;31-19-7-8-22-23(15-34-26(22)13-19)28-30(40-21-4-2-1-3-5-21,29(39)35-11-10-20(37)17-35)14-27(38)36(28)16-18-6-9-24(32)25(33)12-18/h3-12,15,17,24,30,37H,13-14,16,18-19H2,1-2H3,(H,36,42);2-10,15-16,18,30,36H,11-14,17,19H2,1H3;1-9,12-13,15,20,28,34,37H,10-11,14,16-17H2/t24-,30-,33-;30-,32-;20-,28-,30-/m000/s1. The van der Waals surface area contributed by atoms with Gasteiger partial charge in [0.15, 0.2) is 0 Å². The number of nitrogens with one attached hydrogen (secondary N) is 4. The number of benzene rings is 9. The second-order valence-corrected chi connectivity index (χ2v) is 39.7. The number of alkyl carbamates (subject to hydrolysis) is 1. The highest BCUT2D eigenvalue weighted by Gasteiger charge is 2.63. The van der Waals surface area contributed by atoms with Gasteiger partial charge in [0.25, 0.3) is 0 Å². The number of aromatic nitrogens is 3. The number of H-pyrrole nitrogens is 3. The molecular formula is C95H87BrCl5F2N11O10S3. The number of aromatic amines is 3. The normalized spacial score (nSPS) is 21.7. The summed E-state index contributed by atoms with van der Waals surface area (Å²) in [5.41, 5.74) is 7.96. The van der Waals surface area contributed by atoms with Crippen LogP contribution in [0.15, 0.2) is 238 Å². The van der Waals surface area contributed by atoms with Crippen molar-refractivity contribution in [3.63, 3.8) is 0 Å². The second-order valence-electron chi connectivity index (χ2n) is 32.5. The monoisotopic (exact) mass is 1930 g/mol. The summed E-state index contributed by atoms with van der Waals surface area (Å²) >= 11 is 38.5. The number of carbonyl (C=O) groups excluding carboxylic acids is 8. The minimum atomic E-state index is -1.25. The van der Waals surface area contributed by atoms with Crippen LogP contribution >= 0.6 is 109 Å². The van der Waals surface area contributed by atoms with Crippen molar-refractivity contribution < 1.29 is 57.0 Å². The Labute approximate surface area is 777 Å². The Morgan fingerprint density at radius 2 is 0.850 bits per heavy atom. The average Bonchev–Trinajstić information content (AvgIpc) is 1.58. The van der Waals surface area contributed by atoms with Crippen LogP contribution in [0.2, 0.25) is 25.1 Å². The molecule has 0 saturated carbocycles. The van der Waals surface area contributed by atoms with E-state index in [1.807, 2.05) is 176 Å². The fraction of sp³-hybridized carbons (Fsp3) is 0.284. The van der Waals surface area contributed by atoms with Crippen molar-refractivity contribution in [2.75, 3.05) is 59.4 Å². The molecule has 3 aromatic heterocycles. The molecule has 12 aromatic rings. The molecule has 32 heteroatoms. The number of piperazine rings is 1. The molecule has 9 heterocycles. The van der Waals surface area contributed by atoms with Crippen LogP contribution in [0.3, 0.4) is 0 Å². The number of aliphatic hydroxyl groups excluding tert-OH is 1. The molecule has 8 amide bonds. The number of halogens is 8. The number of rotatable bonds is 19. The summed E-state index contributed by atoms with van der Waals surface area (Å²) in [6, 6.07) is 58.6. The molecule has 5 N–H and O–H groups in total. The van der Waals surface area contributed by atoms with E-state index in [9.17, 15) is 52.2 Å². The Bertz CT molecular complexity index is 6200. The van der Waals surface area contributed by atoms with Crippen LogP contribution in [-0.4, -0.2) is 188 Å². The summed E-state index contributed by atoms with van der Waals surface area (Å²) < 4.78 is 31.7. The molecule has 0 aliphatic carbocycles. The number of ether oxygens (including phenoxy) is 1. The highest BCUT2D eigenvalue weighted by molar-refractivity contribution is 9.10. The number of fused-ring (bicyclic) bond motifs is 3. The lowest BCUT2D eigenvalue weighted by molar-refractivity contribution is -0.140. The topological polar surface area (TPSA) is 248 Å². The zero-order chi connectivity index (χ0) is 89.3. The molecule has 6 saturated heterocycles. The van der Waals surface area contributed by atoms with Crippen LogP contribution in [-0.2, 0) is 57.9 Å². The van der Waals surface area contributed by atoms with E-state index in [1.165, 1.54) is 73.5 Å². The van der Waals surface area contributed by atoms with Crippen molar-refractivity contribution in [1.29, 1.82) is 0 Å². The quantitative estimate of drug-likeness (QED) is 0.0506. The van der Waals surface area contributed by atoms with Gasteiger partial charge in [-0.05, 0) is 139 Å². The molecule has 0 spiro atoms. The summed E-state index contributed by atoms with van der Waals surface area (Å²) in [6.07, 6.45) is 4.91. The first kappa shape index (κ1) is 90.3. The Morgan fingerprint density at radius 1 is 0.472 bits per heavy atom. The molecule has 0 unspecified atom stereocenters. The maximum Gasteiger partial charge on any atom is 0.407 e. The smallest absolute Gasteiger partial charge is 0.407 e. The number of aryl methyl sites for hydroxylation is 1. The van der Waals surface area contributed by atoms with Gasteiger partial charge < -0.3 is 64.4 Å². The van der Waals surface area contributed by atoms with Crippen molar-refractivity contribution in [3.05, 3.63) is 299 Å². The Kier molecular flexibility index (Phi) is 27.3. The molecular weight excluding hydrogens is 1850 g/mol. The van der Waals surface area contributed by atoms with Gasteiger partial charge in [0.2, 0.25) is 41.4 Å². The van der Waals surface area contributed by atoms with Crippen molar-refractivity contribution in [1.82, 2.24) is 54.6 Å². The molecule has 9 aromatic carbocycles. The summed E-state index contributed by atoms with van der Waals surface area (Å²) in [7, 11) is 1.51. The Morgan fingerprint density at radius 3 is 1.24 bits per heavy atom. The van der Waals surface area contributed by atoms with Gasteiger partial charge in [0, 0.05) is 188 Å². The van der Waals surface area contributed by atoms with E-state index >= 15 is 0 Å². The third kappa shape index (κ3) is 18.9. The van der Waals surface area contributed by atoms with Gasteiger partial charge in [0.1, 0.15) is 32.0 Å². The van der Waals surface area contributed by atoms with Crippen molar-refractivity contribution >= 4 is 189 Å². The molecule has 6 aliphatic rings. The lowest BCUT2D eigenvalue weighted by Crippen LogP contribution is -2.56. The van der Waals surface area contributed by atoms with Crippen LogP contribution in [0.5, 0.6) is 0 Å². The summed E-state index contributed by atoms with van der Waals surface area (Å²) in [4.78, 5) is 135. The van der Waals surface area contributed by atoms with Gasteiger partial charge in [-0.15, -0.1) is 35.3 Å². The van der Waals surface area contributed by atoms with Crippen LogP contribution in [0.25, 0.3) is 32.7 Å². The maximum absolute atomic E-state index is 15.0. The van der Waals surface area contributed by atoms with Crippen molar-refractivity contribution in [2.45, 2.75) is 125 Å². The van der Waals surface area contributed by atoms with Crippen LogP contribution in [0.1, 0.15) is 96.1 Å². The first-order chi connectivity index (χ1) is 61.1. The van der Waals surface area contributed by atoms with Crippen molar-refractivity contribution in [2.24, 2.45) is 0 Å². The predicted octanol–water partition coefficient (Wildman–Crippen LogP) is 19.4. The minimum absolute atomic E-state index is 0.00157. The van der Waals surface area contributed by atoms with Gasteiger partial charge in [-0.3, -0.25) is 33.6 Å². The Hall–Kier alpha value is -10.0. The number of aliphatic hydroxyl groups is 1. The molecule has 0 bridgehead atoms. The van der Waals surface area contributed by atoms with Crippen LogP contribution < -0.4 is 5.32 Å². The fourth-order valence-electron chi connectivity index (χ4n) is 18.1. The van der Waals surface area contributed by atoms with E-state index in [-0.39, 0.29) is 96.8 Å². The number of carbonyl (C=O) groups is 8. The third-order valence-corrected chi connectivity index (χ3v) is 30.3. The summed E-state index contributed by atoms with van der Waals surface area (Å²) in [5.74, 6) is -2.25. The number of nitrogens with zero attached hydrogens (tertiary/aromatic N) is 7. The summed E-state index contributed by atoms with van der Waals surface area (Å²) in [6.45, 7) is 6.93. The first-order valence-corrected chi connectivity index (χ1v) is 46.5. The largest absolute Gasteiger partial charge is 0.444 e. The van der Waals surface area contributed by atoms with Gasteiger partial charge in [-0.2, -0.15) is 0 Å². The zero-order valence-corrected chi connectivity index (χ0v) is 76.8. The van der Waals surface area contributed by atoms with E-state index in [1.54, 1.807) is 59.7 Å². The molecule has 21 nitrogen and oxygen atoms in total. The predicted molar refractivity (Wildman–Crippen MR) is 497 cm³/mol. The van der Waals surface area contributed by atoms with E-state index < -0.39 is 62.3 Å². The number of hydrogen-bond donors (Lipinski definition) is 5. The van der Waals surface area contributed by atoms with E-state index in [4.69, 9.17) is 62.7 Å². The SMILES string of the molecule is CC(=O)N1CCN(C(=O)[C@]2(Sc3ccccc3)CC(=O)N(Cc3ccc(Cl)c(F)c3)[C@H]2c2c[nH]c3cc(Cl)ccc23)CC1.CNC(=O)O[C@H]1CCN(C(=O)[C@]2(Sc3ccc(C)cc3)CC(=O)N(Cc3ccc(Br)cc3)[C@H]2c2c[nH]c3cc(Cl)ccc23)C1.O=C1C[C@@](Sc2ccccc2)(C(=O)N2CC[C@H](O)C2)[C@H](c2c[nH]c3cc(Cl)ccc23)N1Cc1ccc(Cl)c(F)c1. The van der Waals surface area contributed by atoms with Gasteiger partial charge in [0.05, 0.1) is 60.1 Å². The highest BCUT2D eigenvalue weighted by Crippen LogP contribution is 2.59. The average molecular weight is 1930 g/mol. The summed E-state index contributed by atoms with van der Waals surface area (Å²) in [5, 5.41) is 17.1. The van der Waals surface area contributed by atoms with E-state index in [0.29, 0.717) is 84.8 Å².